The van der Waals surface area contributed by atoms with Crippen LogP contribution >= 0.6 is 10.3 Å². The van der Waals surface area contributed by atoms with Gasteiger partial charge in [-0.3, -0.25) is 4.79 Å². The van der Waals surface area contributed by atoms with E-state index >= 15 is 0 Å². The van der Waals surface area contributed by atoms with E-state index < -0.39 is 10.3 Å². The van der Waals surface area contributed by atoms with Crippen LogP contribution in [0.15, 0.2) is 48.5 Å². The van der Waals surface area contributed by atoms with Crippen LogP contribution < -0.4 is 11.1 Å². The second-order valence-corrected chi connectivity index (χ2v) is 12.1. The van der Waals surface area contributed by atoms with Crippen molar-refractivity contribution < 1.29 is 8.98 Å². The SMILES string of the molecule is CC(C)C(C)(C)S(C)(C)OCCc1ccc(NC(=O)c2ccccc2N)cc1. The zero-order valence-electron chi connectivity index (χ0n) is 17.9. The Morgan fingerprint density at radius 2 is 1.71 bits per heavy atom. The third-order valence-corrected chi connectivity index (χ3v) is 9.60. The molecule has 0 aliphatic carbocycles. The Bertz CT molecular complexity index is 799. The first kappa shape index (κ1) is 22.3. The lowest BCUT2D eigenvalue weighted by Crippen LogP contribution is -2.34. The molecule has 0 aliphatic heterocycles. The maximum Gasteiger partial charge on any atom is 0.257 e. The number of hydrogen-bond donors (Lipinski definition) is 2. The molecule has 0 aromatic heterocycles. The zero-order chi connectivity index (χ0) is 20.9. The number of carbonyl (C=O) groups is 1. The van der Waals surface area contributed by atoms with E-state index in [1.807, 2.05) is 30.3 Å². The van der Waals surface area contributed by atoms with Crippen LogP contribution in [0.3, 0.4) is 0 Å². The van der Waals surface area contributed by atoms with Gasteiger partial charge in [0.2, 0.25) is 0 Å². The van der Waals surface area contributed by atoms with Crippen molar-refractivity contribution in [1.82, 2.24) is 0 Å². The summed E-state index contributed by atoms with van der Waals surface area (Å²) in [6, 6.07) is 15.0. The molecule has 2 rings (SSSR count). The van der Waals surface area contributed by atoms with Crippen molar-refractivity contribution in [2.24, 2.45) is 5.92 Å². The third kappa shape index (κ3) is 5.30. The van der Waals surface area contributed by atoms with Crippen molar-refractivity contribution in [3.05, 3.63) is 59.7 Å². The first-order valence-electron chi connectivity index (χ1n) is 9.66. The zero-order valence-corrected chi connectivity index (χ0v) is 18.7. The van der Waals surface area contributed by atoms with Crippen LogP contribution in [0.25, 0.3) is 0 Å². The average molecular weight is 403 g/mol. The lowest BCUT2D eigenvalue weighted by Gasteiger charge is -2.48. The lowest BCUT2D eigenvalue weighted by molar-refractivity contribution is 0.102. The van der Waals surface area contributed by atoms with Gasteiger partial charge in [-0.1, -0.05) is 38.1 Å². The number of benzene rings is 2. The number of para-hydroxylation sites is 1. The first-order chi connectivity index (χ1) is 13.0. The maximum absolute atomic E-state index is 12.3. The molecule has 28 heavy (non-hydrogen) atoms. The highest BCUT2D eigenvalue weighted by Crippen LogP contribution is 2.57. The summed E-state index contributed by atoms with van der Waals surface area (Å²) >= 11 is 0. The van der Waals surface area contributed by atoms with Gasteiger partial charge in [-0.05, 0) is 68.5 Å². The lowest BCUT2D eigenvalue weighted by atomic mass is 10.00. The number of nitrogens with one attached hydrogen (secondary N) is 1. The van der Waals surface area contributed by atoms with E-state index in [1.54, 1.807) is 18.2 Å². The number of hydrogen-bond acceptors (Lipinski definition) is 3. The molecule has 0 spiro atoms. The normalized spacial score (nSPS) is 12.8. The Hall–Kier alpha value is -1.98. The number of nitrogen functional groups attached to an aromatic ring is 1. The van der Waals surface area contributed by atoms with Gasteiger partial charge in [-0.2, -0.15) is 0 Å². The molecule has 2 aromatic rings. The number of amides is 1. The largest absolute Gasteiger partial charge is 0.398 e. The van der Waals surface area contributed by atoms with Crippen LogP contribution in [0.2, 0.25) is 0 Å². The fourth-order valence-corrected chi connectivity index (χ4v) is 4.68. The van der Waals surface area contributed by atoms with Gasteiger partial charge in [0.25, 0.3) is 5.91 Å². The van der Waals surface area contributed by atoms with Crippen molar-refractivity contribution in [1.29, 1.82) is 0 Å². The summed E-state index contributed by atoms with van der Waals surface area (Å²) in [6.07, 6.45) is 5.35. The predicted octanol–water partition coefficient (Wildman–Crippen LogP) is 5.49. The molecule has 0 atom stereocenters. The molecule has 0 bridgehead atoms. The molecule has 0 aliphatic rings. The molecule has 0 heterocycles. The minimum atomic E-state index is -1.16. The van der Waals surface area contributed by atoms with E-state index in [-0.39, 0.29) is 10.7 Å². The molecule has 0 radical (unpaired) electrons. The Labute approximate surface area is 171 Å². The maximum atomic E-state index is 12.3. The predicted molar refractivity (Wildman–Crippen MR) is 123 cm³/mol. The van der Waals surface area contributed by atoms with Crippen molar-refractivity contribution >= 4 is 27.6 Å². The second-order valence-electron chi connectivity index (χ2n) is 8.30. The number of rotatable bonds is 8. The van der Waals surface area contributed by atoms with E-state index in [4.69, 9.17) is 9.92 Å². The Balaban J connectivity index is 1.91. The monoisotopic (exact) mass is 402 g/mol. The molecule has 5 heteroatoms. The Kier molecular flexibility index (Phi) is 7.18. The smallest absolute Gasteiger partial charge is 0.257 e. The van der Waals surface area contributed by atoms with E-state index in [1.165, 1.54) is 5.56 Å². The topological polar surface area (TPSA) is 64.3 Å². The Morgan fingerprint density at radius 1 is 1.11 bits per heavy atom. The summed E-state index contributed by atoms with van der Waals surface area (Å²) < 4.78 is 6.49. The quantitative estimate of drug-likeness (QED) is 0.574. The molecular formula is C23H34N2O2S. The van der Waals surface area contributed by atoms with Crippen LogP contribution in [-0.4, -0.2) is 29.8 Å². The van der Waals surface area contributed by atoms with Crippen molar-refractivity contribution in [3.63, 3.8) is 0 Å². The molecule has 4 nitrogen and oxygen atoms in total. The highest BCUT2D eigenvalue weighted by atomic mass is 32.3. The van der Waals surface area contributed by atoms with Crippen LogP contribution in [0.1, 0.15) is 43.6 Å². The highest BCUT2D eigenvalue weighted by molar-refractivity contribution is 8.29. The summed E-state index contributed by atoms with van der Waals surface area (Å²) in [6.45, 7) is 9.81. The summed E-state index contributed by atoms with van der Waals surface area (Å²) in [7, 11) is -1.16. The molecule has 0 fully saturated rings. The van der Waals surface area contributed by atoms with Gasteiger partial charge < -0.3 is 15.2 Å². The summed E-state index contributed by atoms with van der Waals surface area (Å²) in [4.78, 5) is 12.3. The molecule has 3 N–H and O–H groups in total. The van der Waals surface area contributed by atoms with E-state index in [0.29, 0.717) is 23.8 Å². The van der Waals surface area contributed by atoms with Gasteiger partial charge in [0.05, 0.1) is 12.2 Å². The van der Waals surface area contributed by atoms with Crippen molar-refractivity contribution in [2.45, 2.75) is 38.9 Å². The van der Waals surface area contributed by atoms with Crippen LogP contribution in [0.4, 0.5) is 11.4 Å². The van der Waals surface area contributed by atoms with Gasteiger partial charge in [0, 0.05) is 16.1 Å². The van der Waals surface area contributed by atoms with Gasteiger partial charge >= 0.3 is 0 Å². The molecule has 0 saturated heterocycles. The summed E-state index contributed by atoms with van der Waals surface area (Å²) in [5, 5.41) is 2.89. The van der Waals surface area contributed by atoms with Gasteiger partial charge in [-0.25, -0.2) is 0 Å². The van der Waals surface area contributed by atoms with Crippen molar-refractivity contribution in [2.75, 3.05) is 30.2 Å². The van der Waals surface area contributed by atoms with Crippen LogP contribution in [0.5, 0.6) is 0 Å². The third-order valence-electron chi connectivity index (χ3n) is 5.84. The second kappa shape index (κ2) is 9.01. The fourth-order valence-electron chi connectivity index (χ4n) is 2.74. The average Bonchev–Trinajstić information content (AvgIpc) is 2.63. The molecule has 2 aromatic carbocycles. The molecule has 154 valence electrons. The van der Waals surface area contributed by atoms with E-state index in [9.17, 15) is 4.79 Å². The van der Waals surface area contributed by atoms with Crippen molar-refractivity contribution in [3.8, 4) is 0 Å². The molecule has 1 amide bonds. The first-order valence-corrected chi connectivity index (χ1v) is 12.0. The minimum absolute atomic E-state index is 0.167. The molecule has 0 saturated carbocycles. The van der Waals surface area contributed by atoms with E-state index in [2.05, 4.69) is 45.5 Å². The van der Waals surface area contributed by atoms with Gasteiger partial charge in [0.1, 0.15) is 0 Å². The number of anilines is 2. The van der Waals surface area contributed by atoms with Gasteiger partial charge in [0.15, 0.2) is 0 Å². The summed E-state index contributed by atoms with van der Waals surface area (Å²) in [5.74, 6) is 0.370. The van der Waals surface area contributed by atoms with Gasteiger partial charge in [-0.15, -0.1) is 10.3 Å². The molecule has 0 unspecified atom stereocenters. The van der Waals surface area contributed by atoms with E-state index in [0.717, 1.165) is 12.1 Å². The molecular weight excluding hydrogens is 368 g/mol. The minimum Gasteiger partial charge on any atom is -0.398 e. The Morgan fingerprint density at radius 3 is 2.29 bits per heavy atom. The highest BCUT2D eigenvalue weighted by Gasteiger charge is 2.36. The number of nitrogens with two attached hydrogens (primary N) is 1. The number of carbonyl (C=O) groups excluding carboxylic acids is 1. The summed E-state index contributed by atoms with van der Waals surface area (Å²) in [5.41, 5.74) is 8.77. The van der Waals surface area contributed by atoms with Crippen LogP contribution in [-0.2, 0) is 10.6 Å². The van der Waals surface area contributed by atoms with Crippen LogP contribution in [0, 0.1) is 5.92 Å². The fraction of sp³-hybridized carbons (Fsp3) is 0.435. The standard InChI is InChI=1S/C23H34N2O2S/c1-17(2)23(3,4)28(5,6)27-16-15-18-11-13-19(14-12-18)25-22(26)20-9-7-8-10-21(20)24/h7-14,17H,15-16,24H2,1-6H3,(H,25,26).